The molecule has 0 saturated heterocycles. The first-order chi connectivity index (χ1) is 19.9. The summed E-state index contributed by atoms with van der Waals surface area (Å²) in [6, 6.07) is 41.6. The van der Waals surface area contributed by atoms with Crippen molar-refractivity contribution in [1.29, 1.82) is 0 Å². The number of benzene rings is 5. The number of anilines is 3. The minimum Gasteiger partial charge on any atom is -0.508 e. The number of rotatable bonds is 10. The van der Waals surface area contributed by atoms with E-state index in [1.165, 1.54) is 16.7 Å². The van der Waals surface area contributed by atoms with E-state index in [0.717, 1.165) is 53.9 Å². The molecule has 0 unspecified atom stereocenters. The third-order valence-corrected chi connectivity index (χ3v) is 8.32. The second-order valence-electron chi connectivity index (χ2n) is 11.0. The van der Waals surface area contributed by atoms with Crippen LogP contribution in [0.25, 0.3) is 0 Å². The molecule has 3 heteroatoms. The highest BCUT2D eigenvalue weighted by atomic mass is 16.3. The Hall–Kier alpha value is -4.50. The Kier molecular flexibility index (Phi) is 8.45. The zero-order valence-electron chi connectivity index (χ0n) is 24.2. The van der Waals surface area contributed by atoms with E-state index in [4.69, 9.17) is 0 Å². The molecule has 0 heterocycles. The number of hydrogen-bond donors (Lipinski definition) is 2. The SMILES string of the molecule is CCc1ccc(N(c2ccc(CC)cc2)c2ccc(CCC(C)(c3ccc(O)cc3)c3ccc(O)cc3)cc2)cc1. The van der Waals surface area contributed by atoms with Gasteiger partial charge in [-0.2, -0.15) is 0 Å². The summed E-state index contributed by atoms with van der Waals surface area (Å²) in [6.45, 7) is 6.61. The van der Waals surface area contributed by atoms with Gasteiger partial charge in [-0.25, -0.2) is 0 Å². The van der Waals surface area contributed by atoms with Crippen molar-refractivity contribution in [2.75, 3.05) is 4.90 Å². The van der Waals surface area contributed by atoms with Gasteiger partial charge in [0.1, 0.15) is 11.5 Å². The Bertz CT molecular complexity index is 1440. The molecular formula is C38H39NO2. The molecule has 0 fully saturated rings. The zero-order chi connectivity index (χ0) is 28.8. The summed E-state index contributed by atoms with van der Waals surface area (Å²) in [7, 11) is 0. The maximum Gasteiger partial charge on any atom is 0.115 e. The third kappa shape index (κ3) is 6.30. The minimum absolute atomic E-state index is 0.260. The third-order valence-electron chi connectivity index (χ3n) is 8.32. The van der Waals surface area contributed by atoms with Crippen LogP contribution in [-0.2, 0) is 24.7 Å². The average Bonchev–Trinajstić information content (AvgIpc) is 3.02. The van der Waals surface area contributed by atoms with Crippen LogP contribution in [0.3, 0.4) is 0 Å². The Labute approximate surface area is 244 Å². The standard InChI is InChI=1S/C38H39NO2/c1-4-28-6-16-33(17-7-28)39(34-18-8-29(5-2)9-19-34)35-20-10-30(11-21-35)26-27-38(3,31-12-22-36(40)23-13-31)32-14-24-37(41)25-15-32/h6-25,40-41H,4-5,26-27H2,1-3H3. The molecule has 0 aromatic heterocycles. The summed E-state index contributed by atoms with van der Waals surface area (Å²) in [4.78, 5) is 2.32. The van der Waals surface area contributed by atoms with Crippen LogP contribution in [0.5, 0.6) is 11.5 Å². The summed E-state index contributed by atoms with van der Waals surface area (Å²) in [6.07, 6.45) is 3.80. The Balaban J connectivity index is 1.43. The van der Waals surface area contributed by atoms with Crippen LogP contribution in [-0.4, -0.2) is 10.2 Å². The van der Waals surface area contributed by atoms with E-state index in [1.807, 2.05) is 24.3 Å². The highest BCUT2D eigenvalue weighted by Crippen LogP contribution is 2.39. The highest BCUT2D eigenvalue weighted by molar-refractivity contribution is 5.76. The number of hydrogen-bond acceptors (Lipinski definition) is 3. The van der Waals surface area contributed by atoms with Gasteiger partial charge in [-0.15, -0.1) is 0 Å². The van der Waals surface area contributed by atoms with Crippen LogP contribution in [0.1, 0.15) is 55.0 Å². The van der Waals surface area contributed by atoms with Crippen molar-refractivity contribution >= 4 is 17.1 Å². The number of aromatic hydroxyl groups is 2. The Morgan fingerprint density at radius 1 is 0.488 bits per heavy atom. The van der Waals surface area contributed by atoms with E-state index in [2.05, 4.69) is 98.5 Å². The van der Waals surface area contributed by atoms with Gasteiger partial charge < -0.3 is 15.1 Å². The molecule has 3 nitrogen and oxygen atoms in total. The number of phenolic OH excluding ortho intramolecular Hbond substituents is 2. The molecule has 0 aliphatic rings. The molecule has 0 amide bonds. The maximum atomic E-state index is 9.89. The first kappa shape index (κ1) is 28.0. The lowest BCUT2D eigenvalue weighted by molar-refractivity contribution is 0.470. The second-order valence-corrected chi connectivity index (χ2v) is 11.0. The van der Waals surface area contributed by atoms with Gasteiger partial charge in [0.15, 0.2) is 0 Å². The van der Waals surface area contributed by atoms with E-state index >= 15 is 0 Å². The van der Waals surface area contributed by atoms with Gasteiger partial charge in [0.2, 0.25) is 0 Å². The summed E-state index contributed by atoms with van der Waals surface area (Å²) < 4.78 is 0. The van der Waals surface area contributed by atoms with Crippen LogP contribution in [0.2, 0.25) is 0 Å². The van der Waals surface area contributed by atoms with Crippen molar-refractivity contribution < 1.29 is 10.2 Å². The molecule has 0 saturated carbocycles. The summed E-state index contributed by atoms with van der Waals surface area (Å²) in [5, 5.41) is 19.8. The fourth-order valence-corrected chi connectivity index (χ4v) is 5.53. The van der Waals surface area contributed by atoms with Gasteiger partial charge >= 0.3 is 0 Å². The summed E-state index contributed by atoms with van der Waals surface area (Å²) >= 11 is 0. The van der Waals surface area contributed by atoms with Crippen molar-refractivity contribution in [2.45, 2.75) is 51.9 Å². The topological polar surface area (TPSA) is 43.7 Å². The average molecular weight is 542 g/mol. The molecule has 2 N–H and O–H groups in total. The van der Waals surface area contributed by atoms with Gasteiger partial charge in [0.05, 0.1) is 0 Å². The summed E-state index contributed by atoms with van der Waals surface area (Å²) in [5.41, 5.74) is 9.32. The fraction of sp³-hybridized carbons (Fsp3) is 0.211. The monoisotopic (exact) mass is 541 g/mol. The van der Waals surface area contributed by atoms with E-state index in [-0.39, 0.29) is 16.9 Å². The lowest BCUT2D eigenvalue weighted by Crippen LogP contribution is -2.24. The molecule has 208 valence electrons. The van der Waals surface area contributed by atoms with E-state index in [9.17, 15) is 10.2 Å². The number of nitrogens with zero attached hydrogens (tertiary/aromatic N) is 1. The number of phenols is 2. The molecule has 5 aromatic carbocycles. The van der Waals surface area contributed by atoms with Crippen LogP contribution >= 0.6 is 0 Å². The van der Waals surface area contributed by atoms with Gasteiger partial charge in [-0.05, 0) is 114 Å². The van der Waals surface area contributed by atoms with E-state index < -0.39 is 0 Å². The first-order valence-corrected chi connectivity index (χ1v) is 14.6. The van der Waals surface area contributed by atoms with Gasteiger partial charge in [0, 0.05) is 22.5 Å². The van der Waals surface area contributed by atoms with Gasteiger partial charge in [-0.3, -0.25) is 0 Å². The summed E-state index contributed by atoms with van der Waals surface area (Å²) in [5.74, 6) is 0.520. The molecule has 0 bridgehead atoms. The molecular weight excluding hydrogens is 502 g/mol. The largest absolute Gasteiger partial charge is 0.508 e. The van der Waals surface area contributed by atoms with Crippen LogP contribution in [0.15, 0.2) is 121 Å². The minimum atomic E-state index is -0.284. The molecule has 0 aliphatic heterocycles. The van der Waals surface area contributed by atoms with Crippen LogP contribution in [0, 0.1) is 0 Å². The lowest BCUT2D eigenvalue weighted by atomic mass is 9.72. The van der Waals surface area contributed by atoms with E-state index in [0.29, 0.717) is 0 Å². The van der Waals surface area contributed by atoms with Gasteiger partial charge in [0.25, 0.3) is 0 Å². The fourth-order valence-electron chi connectivity index (χ4n) is 5.53. The lowest BCUT2D eigenvalue weighted by Gasteiger charge is -2.31. The molecule has 5 aromatic rings. The molecule has 0 radical (unpaired) electrons. The normalized spacial score (nSPS) is 11.4. The van der Waals surface area contributed by atoms with E-state index in [1.54, 1.807) is 24.3 Å². The second kappa shape index (κ2) is 12.3. The van der Waals surface area contributed by atoms with Crippen molar-refractivity contribution in [2.24, 2.45) is 0 Å². The Morgan fingerprint density at radius 3 is 1.17 bits per heavy atom. The smallest absolute Gasteiger partial charge is 0.115 e. The quantitative estimate of drug-likeness (QED) is 0.185. The van der Waals surface area contributed by atoms with Crippen LogP contribution < -0.4 is 4.90 Å². The highest BCUT2D eigenvalue weighted by Gasteiger charge is 2.29. The zero-order valence-corrected chi connectivity index (χ0v) is 24.2. The van der Waals surface area contributed by atoms with Crippen molar-refractivity contribution in [3.63, 3.8) is 0 Å². The Morgan fingerprint density at radius 2 is 0.829 bits per heavy atom. The van der Waals surface area contributed by atoms with Crippen molar-refractivity contribution in [3.05, 3.63) is 149 Å². The molecule has 0 atom stereocenters. The van der Waals surface area contributed by atoms with Crippen molar-refractivity contribution in [3.8, 4) is 11.5 Å². The molecule has 0 spiro atoms. The first-order valence-electron chi connectivity index (χ1n) is 14.6. The molecule has 5 rings (SSSR count). The molecule has 0 aliphatic carbocycles. The predicted octanol–water partition coefficient (Wildman–Crippen LogP) is 9.63. The maximum absolute atomic E-state index is 9.89. The van der Waals surface area contributed by atoms with Gasteiger partial charge in [-0.1, -0.05) is 81.4 Å². The number of aryl methyl sites for hydroxylation is 3. The molecule has 41 heavy (non-hydrogen) atoms. The van der Waals surface area contributed by atoms with Crippen molar-refractivity contribution in [1.82, 2.24) is 0 Å². The van der Waals surface area contributed by atoms with Crippen LogP contribution in [0.4, 0.5) is 17.1 Å². The predicted molar refractivity (Wildman–Crippen MR) is 171 cm³/mol.